The first-order valence-corrected chi connectivity index (χ1v) is 5.45. The van der Waals surface area contributed by atoms with Gasteiger partial charge in [0.2, 0.25) is 0 Å². The van der Waals surface area contributed by atoms with E-state index >= 15 is 0 Å². The molecular formula is C12H13NS. The summed E-state index contributed by atoms with van der Waals surface area (Å²) in [5.41, 5.74) is 8.26. The summed E-state index contributed by atoms with van der Waals surface area (Å²) in [6.45, 7) is 5.87. The van der Waals surface area contributed by atoms with Gasteiger partial charge in [0.25, 0.3) is 0 Å². The van der Waals surface area contributed by atoms with Gasteiger partial charge in [0.1, 0.15) is 0 Å². The Kier molecular flexibility index (Phi) is 2.40. The second-order valence-electron chi connectivity index (χ2n) is 3.51. The summed E-state index contributed by atoms with van der Waals surface area (Å²) in [5.74, 6) is 0. The first kappa shape index (κ1) is 9.44. The molecule has 0 aliphatic heterocycles. The molecule has 0 fully saturated rings. The molecule has 14 heavy (non-hydrogen) atoms. The summed E-state index contributed by atoms with van der Waals surface area (Å²) in [7, 11) is 0. The molecule has 0 radical (unpaired) electrons. The highest BCUT2D eigenvalue weighted by molar-refractivity contribution is 7.17. The van der Waals surface area contributed by atoms with Crippen LogP contribution in [0.5, 0.6) is 0 Å². The fourth-order valence-electron chi connectivity index (χ4n) is 1.50. The van der Waals surface area contributed by atoms with Crippen LogP contribution in [0.15, 0.2) is 41.8 Å². The van der Waals surface area contributed by atoms with Gasteiger partial charge in [-0.1, -0.05) is 30.4 Å². The molecule has 2 N–H and O–H groups in total. The van der Waals surface area contributed by atoms with Crippen LogP contribution >= 0.6 is 11.3 Å². The Labute approximate surface area is 87.9 Å². The van der Waals surface area contributed by atoms with Gasteiger partial charge in [-0.05, 0) is 29.3 Å². The second kappa shape index (κ2) is 3.56. The normalized spacial score (nSPS) is 13.0. The summed E-state index contributed by atoms with van der Waals surface area (Å²) < 4.78 is 1.29. The van der Waals surface area contributed by atoms with Crippen LogP contribution in [0.25, 0.3) is 10.1 Å². The minimum absolute atomic E-state index is 0.0360. The van der Waals surface area contributed by atoms with Gasteiger partial charge in [0.15, 0.2) is 0 Å². The maximum Gasteiger partial charge on any atom is 0.0520 e. The van der Waals surface area contributed by atoms with Gasteiger partial charge in [0.05, 0.1) is 6.04 Å². The summed E-state index contributed by atoms with van der Waals surface area (Å²) in [4.78, 5) is 0. The SMILES string of the molecule is C=C(C)C(N)c1csc2ccccc12. The Morgan fingerprint density at radius 2 is 2.14 bits per heavy atom. The highest BCUT2D eigenvalue weighted by Gasteiger charge is 2.11. The number of hydrogen-bond acceptors (Lipinski definition) is 2. The molecule has 1 heterocycles. The number of rotatable bonds is 2. The van der Waals surface area contributed by atoms with Gasteiger partial charge >= 0.3 is 0 Å². The third-order valence-corrected chi connectivity index (χ3v) is 3.36. The van der Waals surface area contributed by atoms with Gasteiger partial charge in [-0.2, -0.15) is 0 Å². The Balaban J connectivity index is 2.58. The maximum atomic E-state index is 6.06. The molecule has 1 unspecified atom stereocenters. The molecule has 0 aliphatic carbocycles. The molecule has 0 amide bonds. The fraction of sp³-hybridized carbons (Fsp3) is 0.167. The van der Waals surface area contributed by atoms with E-state index in [4.69, 9.17) is 5.73 Å². The Morgan fingerprint density at radius 1 is 1.43 bits per heavy atom. The predicted molar refractivity (Wildman–Crippen MR) is 63.6 cm³/mol. The first-order valence-electron chi connectivity index (χ1n) is 4.57. The van der Waals surface area contributed by atoms with Crippen molar-refractivity contribution in [1.82, 2.24) is 0 Å². The summed E-state index contributed by atoms with van der Waals surface area (Å²) in [6.07, 6.45) is 0. The topological polar surface area (TPSA) is 26.0 Å². The van der Waals surface area contributed by atoms with Crippen molar-refractivity contribution in [2.45, 2.75) is 13.0 Å². The van der Waals surface area contributed by atoms with Crippen molar-refractivity contribution in [2.75, 3.05) is 0 Å². The van der Waals surface area contributed by atoms with Crippen molar-refractivity contribution in [3.63, 3.8) is 0 Å². The predicted octanol–water partition coefficient (Wildman–Crippen LogP) is 3.48. The van der Waals surface area contributed by atoms with Gasteiger partial charge < -0.3 is 5.73 Å². The van der Waals surface area contributed by atoms with Crippen LogP contribution in [-0.4, -0.2) is 0 Å². The second-order valence-corrected chi connectivity index (χ2v) is 4.42. The highest BCUT2D eigenvalue weighted by Crippen LogP contribution is 2.31. The smallest absolute Gasteiger partial charge is 0.0520 e. The average Bonchev–Trinajstić information content (AvgIpc) is 2.60. The molecule has 1 atom stereocenters. The van der Waals surface area contributed by atoms with E-state index in [1.54, 1.807) is 11.3 Å². The molecule has 2 heteroatoms. The fourth-order valence-corrected chi connectivity index (χ4v) is 2.50. The lowest BCUT2D eigenvalue weighted by atomic mass is 10.0. The van der Waals surface area contributed by atoms with E-state index < -0.39 is 0 Å². The highest BCUT2D eigenvalue weighted by atomic mass is 32.1. The van der Waals surface area contributed by atoms with Crippen molar-refractivity contribution in [3.05, 3.63) is 47.4 Å². The van der Waals surface area contributed by atoms with E-state index in [0.717, 1.165) is 5.57 Å². The molecule has 72 valence electrons. The van der Waals surface area contributed by atoms with Crippen molar-refractivity contribution in [2.24, 2.45) is 5.73 Å². The van der Waals surface area contributed by atoms with Crippen molar-refractivity contribution < 1.29 is 0 Å². The third-order valence-electron chi connectivity index (χ3n) is 2.38. The number of fused-ring (bicyclic) bond motifs is 1. The Morgan fingerprint density at radius 3 is 2.86 bits per heavy atom. The Bertz CT molecular complexity index is 470. The van der Waals surface area contributed by atoms with Crippen molar-refractivity contribution in [1.29, 1.82) is 0 Å². The third kappa shape index (κ3) is 1.47. The first-order chi connectivity index (χ1) is 6.70. The van der Waals surface area contributed by atoms with Gasteiger partial charge in [-0.15, -0.1) is 11.3 Å². The van der Waals surface area contributed by atoms with E-state index in [2.05, 4.69) is 30.2 Å². The van der Waals surface area contributed by atoms with Crippen LogP contribution in [0.1, 0.15) is 18.5 Å². The van der Waals surface area contributed by atoms with Crippen LogP contribution in [0, 0.1) is 0 Å². The lowest BCUT2D eigenvalue weighted by molar-refractivity contribution is 0.863. The number of hydrogen-bond donors (Lipinski definition) is 1. The number of benzene rings is 1. The zero-order valence-corrected chi connectivity index (χ0v) is 8.97. The zero-order valence-electron chi connectivity index (χ0n) is 8.16. The Hall–Kier alpha value is -1.12. The minimum Gasteiger partial charge on any atom is -0.321 e. The van der Waals surface area contributed by atoms with Crippen molar-refractivity contribution in [3.8, 4) is 0 Å². The average molecular weight is 203 g/mol. The monoisotopic (exact) mass is 203 g/mol. The largest absolute Gasteiger partial charge is 0.321 e. The molecule has 0 saturated heterocycles. The van der Waals surface area contributed by atoms with Gasteiger partial charge in [0, 0.05) is 4.70 Å². The summed E-state index contributed by atoms with van der Waals surface area (Å²) in [6, 6.07) is 8.29. The zero-order chi connectivity index (χ0) is 10.1. The molecule has 0 saturated carbocycles. The lowest BCUT2D eigenvalue weighted by Gasteiger charge is -2.09. The molecule has 0 spiro atoms. The number of thiophene rings is 1. The molecule has 2 rings (SSSR count). The molecule has 1 aromatic carbocycles. The molecule has 1 nitrogen and oxygen atoms in total. The van der Waals surface area contributed by atoms with Crippen LogP contribution < -0.4 is 5.73 Å². The van der Waals surface area contributed by atoms with E-state index in [1.807, 2.05) is 13.0 Å². The van der Waals surface area contributed by atoms with Crippen molar-refractivity contribution >= 4 is 21.4 Å². The minimum atomic E-state index is -0.0360. The van der Waals surface area contributed by atoms with Crippen LogP contribution in [0.2, 0.25) is 0 Å². The van der Waals surface area contributed by atoms with E-state index in [9.17, 15) is 0 Å². The van der Waals surface area contributed by atoms with Crippen LogP contribution in [0.4, 0.5) is 0 Å². The molecule has 2 aromatic rings. The van der Waals surface area contributed by atoms with E-state index in [0.29, 0.717) is 0 Å². The standard InChI is InChI=1S/C12H13NS/c1-8(2)12(13)10-7-14-11-6-4-3-5-9(10)11/h3-7,12H,1,13H2,2H3. The quantitative estimate of drug-likeness (QED) is 0.743. The van der Waals surface area contributed by atoms with Crippen LogP contribution in [0.3, 0.4) is 0 Å². The molecular weight excluding hydrogens is 190 g/mol. The summed E-state index contributed by atoms with van der Waals surface area (Å²) in [5, 5.41) is 3.39. The number of nitrogens with two attached hydrogens (primary N) is 1. The molecule has 1 aromatic heterocycles. The molecule has 0 bridgehead atoms. The molecule has 0 aliphatic rings. The van der Waals surface area contributed by atoms with Gasteiger partial charge in [-0.3, -0.25) is 0 Å². The van der Waals surface area contributed by atoms with Gasteiger partial charge in [-0.25, -0.2) is 0 Å². The lowest BCUT2D eigenvalue weighted by Crippen LogP contribution is -2.09. The van der Waals surface area contributed by atoms with E-state index in [1.165, 1.54) is 15.6 Å². The maximum absolute atomic E-state index is 6.06. The summed E-state index contributed by atoms with van der Waals surface area (Å²) >= 11 is 1.74. The van der Waals surface area contributed by atoms with Crippen LogP contribution in [-0.2, 0) is 0 Å². The van der Waals surface area contributed by atoms with E-state index in [-0.39, 0.29) is 6.04 Å².